The number of hydrogen-bond donors (Lipinski definition) is 0. The molecule has 0 aromatic heterocycles. The number of carbonyl (C=O) groups excluding carboxylic acids is 2. The molecule has 0 aliphatic carbocycles. The third-order valence-corrected chi connectivity index (χ3v) is 4.76. The van der Waals surface area contributed by atoms with Crippen molar-refractivity contribution in [1.29, 1.82) is 0 Å². The quantitative estimate of drug-likeness (QED) is 0.788. The molecule has 0 spiro atoms. The number of carbonyl (C=O) groups is 2. The van der Waals surface area contributed by atoms with E-state index in [4.69, 9.17) is 21.1 Å². The first-order valence-corrected chi connectivity index (χ1v) is 8.45. The minimum atomic E-state index is -0.317. The van der Waals surface area contributed by atoms with Crippen molar-refractivity contribution >= 4 is 23.4 Å². The Morgan fingerprint density at radius 1 is 1.00 bits per heavy atom. The Hall–Kier alpha value is -2.53. The van der Waals surface area contributed by atoms with Crippen molar-refractivity contribution in [3.05, 3.63) is 58.6 Å². The van der Waals surface area contributed by atoms with Crippen molar-refractivity contribution in [3.8, 4) is 11.5 Å². The third-order valence-electron chi connectivity index (χ3n) is 4.51. The number of nitrogens with zero attached hydrogens (tertiary/aromatic N) is 1. The number of rotatable bonds is 4. The van der Waals surface area contributed by atoms with E-state index in [0.29, 0.717) is 22.9 Å². The number of hydrogen-bond acceptors (Lipinski definition) is 4. The van der Waals surface area contributed by atoms with Crippen molar-refractivity contribution in [3.63, 3.8) is 0 Å². The van der Waals surface area contributed by atoms with E-state index in [9.17, 15) is 9.59 Å². The van der Waals surface area contributed by atoms with Gasteiger partial charge in [0.25, 0.3) is 0 Å². The van der Waals surface area contributed by atoms with E-state index in [2.05, 4.69) is 0 Å². The van der Waals surface area contributed by atoms with Gasteiger partial charge in [0.05, 0.1) is 12.5 Å². The van der Waals surface area contributed by atoms with Crippen LogP contribution >= 0.6 is 11.6 Å². The van der Waals surface area contributed by atoms with Crippen molar-refractivity contribution in [1.82, 2.24) is 4.90 Å². The second kappa shape index (κ2) is 6.41. The summed E-state index contributed by atoms with van der Waals surface area (Å²) < 4.78 is 10.6. The number of likely N-dealkylation sites (tertiary alicyclic amines) is 1. The van der Waals surface area contributed by atoms with Gasteiger partial charge in [0.15, 0.2) is 11.5 Å². The van der Waals surface area contributed by atoms with Crippen LogP contribution in [0.1, 0.15) is 17.5 Å². The maximum absolute atomic E-state index is 12.6. The molecule has 1 saturated heterocycles. The van der Waals surface area contributed by atoms with Crippen LogP contribution < -0.4 is 9.47 Å². The first-order valence-electron chi connectivity index (χ1n) is 8.07. The zero-order valence-corrected chi connectivity index (χ0v) is 14.2. The Bertz CT molecular complexity index is 834. The number of halogens is 1. The molecule has 1 fully saturated rings. The van der Waals surface area contributed by atoms with Crippen LogP contribution in [0.2, 0.25) is 5.02 Å². The van der Waals surface area contributed by atoms with Crippen molar-refractivity contribution in [2.24, 2.45) is 5.92 Å². The topological polar surface area (TPSA) is 55.8 Å². The fraction of sp³-hybridized carbons (Fsp3) is 0.263. The van der Waals surface area contributed by atoms with E-state index in [1.54, 1.807) is 18.2 Å². The SMILES string of the molecule is O=C1CC(Cc2ccc(Cl)cc2)C(=O)N1Cc1ccc2c(c1)OCO2. The molecule has 2 heterocycles. The van der Waals surface area contributed by atoms with E-state index in [1.165, 1.54) is 4.90 Å². The Kier molecular flexibility index (Phi) is 4.09. The largest absolute Gasteiger partial charge is 0.454 e. The van der Waals surface area contributed by atoms with E-state index < -0.39 is 0 Å². The van der Waals surface area contributed by atoms with Crippen LogP contribution in [0.15, 0.2) is 42.5 Å². The summed E-state index contributed by atoms with van der Waals surface area (Å²) >= 11 is 5.89. The molecule has 6 heteroatoms. The minimum Gasteiger partial charge on any atom is -0.454 e. The first kappa shape index (κ1) is 16.0. The lowest BCUT2D eigenvalue weighted by Crippen LogP contribution is -2.30. The minimum absolute atomic E-state index is 0.127. The zero-order chi connectivity index (χ0) is 17.4. The smallest absolute Gasteiger partial charge is 0.233 e. The van der Waals surface area contributed by atoms with E-state index >= 15 is 0 Å². The lowest BCUT2D eigenvalue weighted by molar-refractivity contribution is -0.140. The van der Waals surface area contributed by atoms with Gasteiger partial charge in [-0.15, -0.1) is 0 Å². The Morgan fingerprint density at radius 3 is 2.52 bits per heavy atom. The van der Waals surface area contributed by atoms with Gasteiger partial charge >= 0.3 is 0 Å². The molecule has 2 aromatic rings. The van der Waals surface area contributed by atoms with E-state index in [1.807, 2.05) is 24.3 Å². The average Bonchev–Trinajstić information content (AvgIpc) is 3.17. The highest BCUT2D eigenvalue weighted by Crippen LogP contribution is 2.33. The van der Waals surface area contributed by atoms with Gasteiger partial charge < -0.3 is 9.47 Å². The van der Waals surface area contributed by atoms with Crippen LogP contribution in [-0.4, -0.2) is 23.5 Å². The highest BCUT2D eigenvalue weighted by atomic mass is 35.5. The van der Waals surface area contributed by atoms with Crippen molar-refractivity contribution in [2.45, 2.75) is 19.4 Å². The van der Waals surface area contributed by atoms with Crippen LogP contribution in [0.4, 0.5) is 0 Å². The van der Waals surface area contributed by atoms with Crippen molar-refractivity contribution < 1.29 is 19.1 Å². The van der Waals surface area contributed by atoms with Crippen LogP contribution in [0, 0.1) is 5.92 Å². The third kappa shape index (κ3) is 3.20. The monoisotopic (exact) mass is 357 g/mol. The molecule has 2 aromatic carbocycles. The molecule has 25 heavy (non-hydrogen) atoms. The summed E-state index contributed by atoms with van der Waals surface area (Å²) in [6.07, 6.45) is 0.783. The molecule has 4 rings (SSSR count). The highest BCUT2D eigenvalue weighted by Gasteiger charge is 2.38. The zero-order valence-electron chi connectivity index (χ0n) is 13.4. The molecule has 128 valence electrons. The summed E-state index contributed by atoms with van der Waals surface area (Å²) in [4.78, 5) is 26.3. The van der Waals surface area contributed by atoms with E-state index in [-0.39, 0.29) is 37.5 Å². The maximum atomic E-state index is 12.6. The number of imide groups is 1. The van der Waals surface area contributed by atoms with Gasteiger partial charge in [-0.05, 0) is 41.8 Å². The average molecular weight is 358 g/mol. The fourth-order valence-corrected chi connectivity index (χ4v) is 3.33. The highest BCUT2D eigenvalue weighted by molar-refractivity contribution is 6.30. The van der Waals surface area contributed by atoms with Crippen LogP contribution in [0.3, 0.4) is 0 Å². The Morgan fingerprint density at radius 2 is 1.72 bits per heavy atom. The lowest BCUT2D eigenvalue weighted by atomic mass is 9.98. The maximum Gasteiger partial charge on any atom is 0.233 e. The van der Waals surface area contributed by atoms with Gasteiger partial charge in [-0.25, -0.2) is 0 Å². The van der Waals surface area contributed by atoms with Gasteiger partial charge in [-0.1, -0.05) is 29.8 Å². The normalized spacial score (nSPS) is 18.9. The summed E-state index contributed by atoms with van der Waals surface area (Å²) in [7, 11) is 0. The molecule has 2 amide bonds. The molecule has 0 bridgehead atoms. The van der Waals surface area contributed by atoms with Crippen LogP contribution in [0.25, 0.3) is 0 Å². The second-order valence-electron chi connectivity index (χ2n) is 6.24. The molecule has 0 saturated carbocycles. The molecule has 2 aliphatic heterocycles. The molecule has 0 N–H and O–H groups in total. The van der Waals surface area contributed by atoms with Gasteiger partial charge in [0.2, 0.25) is 18.6 Å². The number of amides is 2. The first-order chi connectivity index (χ1) is 12.1. The molecule has 1 unspecified atom stereocenters. The molecular formula is C19H16ClNO4. The summed E-state index contributed by atoms with van der Waals surface area (Å²) in [5.74, 6) is 0.750. The fourth-order valence-electron chi connectivity index (χ4n) is 3.20. The summed E-state index contributed by atoms with van der Waals surface area (Å²) in [5, 5.41) is 0.655. The predicted octanol–water partition coefficient (Wildman–Crippen LogP) is 3.19. The lowest BCUT2D eigenvalue weighted by Gasteiger charge is -2.15. The molecule has 0 radical (unpaired) electrons. The second-order valence-corrected chi connectivity index (χ2v) is 6.67. The molecular weight excluding hydrogens is 342 g/mol. The summed E-state index contributed by atoms with van der Waals surface area (Å²) in [6, 6.07) is 12.8. The van der Waals surface area contributed by atoms with Crippen LogP contribution in [-0.2, 0) is 22.6 Å². The summed E-state index contributed by atoms with van der Waals surface area (Å²) in [5.41, 5.74) is 1.85. The summed E-state index contributed by atoms with van der Waals surface area (Å²) in [6.45, 7) is 0.453. The van der Waals surface area contributed by atoms with Gasteiger partial charge in [0.1, 0.15) is 0 Å². The Balaban J connectivity index is 1.46. The predicted molar refractivity (Wildman–Crippen MR) is 91.4 cm³/mol. The van der Waals surface area contributed by atoms with E-state index in [0.717, 1.165) is 11.1 Å². The molecule has 2 aliphatic rings. The standard InChI is InChI=1S/C19H16ClNO4/c20-15-4-1-12(2-5-15)7-14-9-18(22)21(19(14)23)10-13-3-6-16-17(8-13)25-11-24-16/h1-6,8,14H,7,9-11H2. The molecule has 5 nitrogen and oxygen atoms in total. The molecule has 1 atom stereocenters. The van der Waals surface area contributed by atoms with Gasteiger partial charge in [0, 0.05) is 11.4 Å². The Labute approximate surface area is 150 Å². The number of benzene rings is 2. The number of ether oxygens (including phenoxy) is 2. The number of fused-ring (bicyclic) bond motifs is 1. The van der Waals surface area contributed by atoms with Gasteiger partial charge in [-0.2, -0.15) is 0 Å². The van der Waals surface area contributed by atoms with Crippen molar-refractivity contribution in [2.75, 3.05) is 6.79 Å². The van der Waals surface area contributed by atoms with Crippen LogP contribution in [0.5, 0.6) is 11.5 Å². The van der Waals surface area contributed by atoms with Gasteiger partial charge in [-0.3, -0.25) is 14.5 Å².